The Bertz CT molecular complexity index is 1100. The second-order valence-electron chi connectivity index (χ2n) is 6.81. The summed E-state index contributed by atoms with van der Waals surface area (Å²) in [6.45, 7) is 2.18. The summed E-state index contributed by atoms with van der Waals surface area (Å²) in [7, 11) is 1.56. The number of nitrogens with one attached hydrogen (secondary N) is 1. The fourth-order valence-electron chi connectivity index (χ4n) is 3.08. The molecule has 0 aliphatic heterocycles. The fraction of sp³-hybridized carbons (Fsp3) is 0.273. The Morgan fingerprint density at radius 1 is 1.10 bits per heavy atom. The van der Waals surface area contributed by atoms with E-state index in [9.17, 15) is 14.4 Å². The number of ether oxygens (including phenoxy) is 1. The van der Waals surface area contributed by atoms with Crippen molar-refractivity contribution in [3.8, 4) is 0 Å². The van der Waals surface area contributed by atoms with Crippen LogP contribution in [0.25, 0.3) is 10.9 Å². The van der Waals surface area contributed by atoms with Crippen LogP contribution < -0.4 is 10.9 Å². The smallest absolute Gasteiger partial charge is 0.262 e. The van der Waals surface area contributed by atoms with E-state index in [1.165, 1.54) is 4.57 Å². The lowest BCUT2D eigenvalue weighted by Gasteiger charge is -2.18. The zero-order valence-corrected chi connectivity index (χ0v) is 17.6. The van der Waals surface area contributed by atoms with E-state index in [0.717, 1.165) is 17.3 Å². The molecule has 1 N–H and O–H groups in total. The number of para-hydroxylation sites is 1. The highest BCUT2D eigenvalue weighted by atomic mass is 32.2. The third kappa shape index (κ3) is 5.34. The van der Waals surface area contributed by atoms with Gasteiger partial charge in [-0.25, -0.2) is 4.98 Å². The van der Waals surface area contributed by atoms with E-state index in [0.29, 0.717) is 22.7 Å². The Hall–Kier alpha value is -2.97. The number of rotatable bonds is 8. The van der Waals surface area contributed by atoms with Gasteiger partial charge in [-0.3, -0.25) is 24.3 Å². The summed E-state index contributed by atoms with van der Waals surface area (Å²) in [5.74, 6) is -0.844. The Kier molecular flexibility index (Phi) is 7.37. The van der Waals surface area contributed by atoms with Crippen molar-refractivity contribution in [1.29, 1.82) is 0 Å². The highest BCUT2D eigenvalue weighted by Crippen LogP contribution is 2.21. The van der Waals surface area contributed by atoms with Crippen molar-refractivity contribution in [3.63, 3.8) is 0 Å². The van der Waals surface area contributed by atoms with Gasteiger partial charge >= 0.3 is 0 Å². The highest BCUT2D eigenvalue weighted by molar-refractivity contribution is 7.99. The van der Waals surface area contributed by atoms with Crippen molar-refractivity contribution in [1.82, 2.24) is 14.9 Å². The summed E-state index contributed by atoms with van der Waals surface area (Å²) in [5, 5.41) is 3.30. The van der Waals surface area contributed by atoms with Crippen LogP contribution in [-0.4, -0.2) is 40.8 Å². The minimum atomic E-state index is -0.436. The predicted octanol–water partition coefficient (Wildman–Crippen LogP) is 2.58. The third-order valence-electron chi connectivity index (χ3n) is 4.44. The minimum absolute atomic E-state index is 0.0367. The molecule has 3 aromatic rings. The van der Waals surface area contributed by atoms with Crippen LogP contribution in [0.4, 0.5) is 0 Å². The lowest BCUT2D eigenvalue weighted by Crippen LogP contribution is -2.33. The molecule has 0 aliphatic carbocycles. The molecule has 0 aliphatic rings. The summed E-state index contributed by atoms with van der Waals surface area (Å²) in [5.41, 5.74) is 1.20. The largest absolute Gasteiger partial charge is 0.383 e. The van der Waals surface area contributed by atoms with Crippen LogP contribution >= 0.6 is 11.8 Å². The van der Waals surface area contributed by atoms with Gasteiger partial charge in [-0.05, 0) is 24.6 Å². The van der Waals surface area contributed by atoms with Gasteiger partial charge in [0.1, 0.15) is 0 Å². The predicted molar refractivity (Wildman–Crippen MR) is 117 cm³/mol. The Balaban J connectivity index is 1.74. The summed E-state index contributed by atoms with van der Waals surface area (Å²) in [6, 6.07) is 16.0. The highest BCUT2D eigenvalue weighted by Gasteiger charge is 2.18. The molecular formula is C22H23N3O4S. The van der Waals surface area contributed by atoms with Gasteiger partial charge in [0.05, 0.1) is 35.7 Å². The Morgan fingerprint density at radius 3 is 2.53 bits per heavy atom. The topological polar surface area (TPSA) is 90.3 Å². The molecule has 0 radical (unpaired) electrons. The Morgan fingerprint density at radius 2 is 1.80 bits per heavy atom. The number of imide groups is 1. The molecule has 0 saturated heterocycles. The monoisotopic (exact) mass is 425 g/mol. The summed E-state index contributed by atoms with van der Waals surface area (Å²) >= 11 is 1.12. The molecule has 156 valence electrons. The molecule has 2 aromatic carbocycles. The zero-order chi connectivity index (χ0) is 21.5. The first-order valence-corrected chi connectivity index (χ1v) is 10.5. The van der Waals surface area contributed by atoms with E-state index >= 15 is 0 Å². The van der Waals surface area contributed by atoms with Crippen molar-refractivity contribution in [3.05, 3.63) is 70.5 Å². The van der Waals surface area contributed by atoms with Gasteiger partial charge in [0.15, 0.2) is 5.16 Å². The average Bonchev–Trinajstić information content (AvgIpc) is 2.73. The van der Waals surface area contributed by atoms with Gasteiger partial charge in [-0.15, -0.1) is 0 Å². The number of nitrogens with zero attached hydrogens (tertiary/aromatic N) is 2. The molecule has 1 heterocycles. The van der Waals surface area contributed by atoms with Crippen LogP contribution in [0.2, 0.25) is 0 Å². The number of thioether (sulfide) groups is 1. The van der Waals surface area contributed by atoms with Crippen LogP contribution in [0.1, 0.15) is 18.5 Å². The molecule has 2 amide bonds. The Labute approximate surface area is 178 Å². The van der Waals surface area contributed by atoms with Crippen molar-refractivity contribution < 1.29 is 14.3 Å². The second-order valence-corrected chi connectivity index (χ2v) is 7.76. The number of carbonyl (C=O) groups is 2. The van der Waals surface area contributed by atoms with E-state index in [4.69, 9.17) is 4.74 Å². The van der Waals surface area contributed by atoms with E-state index < -0.39 is 5.91 Å². The number of fused-ring (bicyclic) bond motifs is 1. The molecule has 0 fully saturated rings. The molecule has 30 heavy (non-hydrogen) atoms. The molecule has 1 aromatic heterocycles. The normalized spacial score (nSPS) is 11.9. The van der Waals surface area contributed by atoms with Gasteiger partial charge in [0.2, 0.25) is 11.8 Å². The zero-order valence-electron chi connectivity index (χ0n) is 16.8. The minimum Gasteiger partial charge on any atom is -0.383 e. The number of hydrogen-bond acceptors (Lipinski definition) is 6. The summed E-state index contributed by atoms with van der Waals surface area (Å²) < 4.78 is 6.73. The second kappa shape index (κ2) is 10.2. The van der Waals surface area contributed by atoms with Crippen LogP contribution in [0.3, 0.4) is 0 Å². The quantitative estimate of drug-likeness (QED) is 0.441. The van der Waals surface area contributed by atoms with Crippen molar-refractivity contribution in [2.75, 3.05) is 19.5 Å². The fourth-order valence-corrected chi connectivity index (χ4v) is 3.98. The lowest BCUT2D eigenvalue weighted by atomic mass is 10.1. The molecule has 0 bridgehead atoms. The molecule has 0 unspecified atom stereocenters. The number of aromatic nitrogens is 2. The first-order chi connectivity index (χ1) is 14.5. The van der Waals surface area contributed by atoms with E-state index in [1.807, 2.05) is 37.3 Å². The SMILES string of the molecule is COC[C@@H](C)n1c(SCC(=O)NC(=O)Cc2ccccc2)nc2ccccc2c1=O. The van der Waals surface area contributed by atoms with Crippen LogP contribution in [0.15, 0.2) is 64.5 Å². The van der Waals surface area contributed by atoms with E-state index in [1.54, 1.807) is 31.4 Å². The molecular weight excluding hydrogens is 402 g/mol. The first kappa shape index (κ1) is 21.7. The van der Waals surface area contributed by atoms with E-state index in [2.05, 4.69) is 10.3 Å². The van der Waals surface area contributed by atoms with Gasteiger partial charge in [0.25, 0.3) is 5.56 Å². The van der Waals surface area contributed by atoms with Gasteiger partial charge in [0, 0.05) is 7.11 Å². The number of hydrogen-bond donors (Lipinski definition) is 1. The van der Waals surface area contributed by atoms with Crippen LogP contribution in [-0.2, 0) is 20.7 Å². The molecule has 7 nitrogen and oxygen atoms in total. The van der Waals surface area contributed by atoms with Crippen molar-refractivity contribution in [2.24, 2.45) is 0 Å². The number of methoxy groups -OCH3 is 1. The summed E-state index contributed by atoms with van der Waals surface area (Å²) in [6.07, 6.45) is 0.126. The maximum absolute atomic E-state index is 13.0. The summed E-state index contributed by atoms with van der Waals surface area (Å²) in [4.78, 5) is 41.9. The average molecular weight is 426 g/mol. The number of benzene rings is 2. The number of amides is 2. The molecule has 8 heteroatoms. The molecule has 1 atom stereocenters. The van der Waals surface area contributed by atoms with Crippen LogP contribution in [0, 0.1) is 0 Å². The lowest BCUT2D eigenvalue weighted by molar-refractivity contribution is -0.128. The maximum Gasteiger partial charge on any atom is 0.262 e. The molecule has 0 saturated carbocycles. The van der Waals surface area contributed by atoms with Crippen molar-refractivity contribution in [2.45, 2.75) is 24.5 Å². The van der Waals surface area contributed by atoms with Gasteiger partial charge < -0.3 is 4.74 Å². The van der Waals surface area contributed by atoms with Gasteiger partial charge in [-0.2, -0.15) is 0 Å². The van der Waals surface area contributed by atoms with E-state index in [-0.39, 0.29) is 29.7 Å². The number of carbonyl (C=O) groups excluding carboxylic acids is 2. The van der Waals surface area contributed by atoms with Crippen LogP contribution in [0.5, 0.6) is 0 Å². The first-order valence-electron chi connectivity index (χ1n) is 9.49. The maximum atomic E-state index is 13.0. The molecule has 0 spiro atoms. The van der Waals surface area contributed by atoms with Gasteiger partial charge in [-0.1, -0.05) is 54.2 Å². The third-order valence-corrected chi connectivity index (χ3v) is 5.40. The molecule has 3 rings (SSSR count). The van der Waals surface area contributed by atoms with Crippen molar-refractivity contribution >= 4 is 34.5 Å². The standard InChI is InChI=1S/C22H23N3O4S/c1-15(13-29-2)25-21(28)17-10-6-7-11-18(17)23-22(25)30-14-20(27)24-19(26)12-16-8-4-3-5-9-16/h3-11,15H,12-14H2,1-2H3,(H,24,26,27)/t15-/m1/s1.